The molecule has 0 unspecified atom stereocenters. The van der Waals surface area contributed by atoms with Crippen LogP contribution < -0.4 is 5.32 Å². The van der Waals surface area contributed by atoms with Crippen molar-refractivity contribution in [2.45, 2.75) is 23.9 Å². The van der Waals surface area contributed by atoms with Crippen molar-refractivity contribution in [3.8, 4) is 0 Å². The number of hydrogen-bond acceptors (Lipinski definition) is 7. The van der Waals surface area contributed by atoms with Crippen molar-refractivity contribution >= 4 is 27.5 Å². The van der Waals surface area contributed by atoms with Crippen LogP contribution in [0.25, 0.3) is 0 Å². The number of amides is 1. The molecule has 23 heavy (non-hydrogen) atoms. The number of carbonyl (C=O) groups excluding carboxylic acids is 1. The summed E-state index contributed by atoms with van der Waals surface area (Å²) in [6, 6.07) is 0. The smallest absolute Gasteiger partial charge is 0.230 e. The maximum Gasteiger partial charge on any atom is 0.230 e. The van der Waals surface area contributed by atoms with Gasteiger partial charge in [-0.25, -0.2) is 8.42 Å². The second kappa shape index (κ2) is 8.11. The fourth-order valence-electron chi connectivity index (χ4n) is 2.43. The number of aromatic nitrogens is 3. The first-order chi connectivity index (χ1) is 10.9. The Kier molecular flexibility index (Phi) is 6.42. The Hall–Kier alpha value is -1.13. The Balaban J connectivity index is 1.84. The maximum atomic E-state index is 11.7. The molecule has 0 bridgehead atoms. The van der Waals surface area contributed by atoms with Gasteiger partial charge in [0.05, 0.1) is 17.3 Å². The third-order valence-corrected chi connectivity index (χ3v) is 6.43. The van der Waals surface area contributed by atoms with Crippen LogP contribution in [-0.4, -0.2) is 66.6 Å². The summed E-state index contributed by atoms with van der Waals surface area (Å²) < 4.78 is 29.8. The maximum absolute atomic E-state index is 11.7. The molecule has 1 aliphatic rings. The molecule has 1 atom stereocenters. The summed E-state index contributed by atoms with van der Waals surface area (Å²) in [4.78, 5) is 11.7. The second-order valence-corrected chi connectivity index (χ2v) is 8.66. The lowest BCUT2D eigenvalue weighted by molar-refractivity contribution is -0.118. The zero-order valence-electron chi connectivity index (χ0n) is 13.3. The second-order valence-electron chi connectivity index (χ2n) is 5.48. The predicted molar refractivity (Wildman–Crippen MR) is 87.2 cm³/mol. The van der Waals surface area contributed by atoms with E-state index in [2.05, 4.69) is 15.5 Å². The van der Waals surface area contributed by atoms with Gasteiger partial charge in [-0.1, -0.05) is 11.8 Å². The van der Waals surface area contributed by atoms with Gasteiger partial charge in [0, 0.05) is 33.2 Å². The first-order valence-corrected chi connectivity index (χ1v) is 10.2. The molecule has 0 saturated carbocycles. The van der Waals surface area contributed by atoms with E-state index >= 15 is 0 Å². The molecule has 130 valence electrons. The summed E-state index contributed by atoms with van der Waals surface area (Å²) in [7, 11) is 0.474. The number of nitrogens with one attached hydrogen (secondary N) is 1. The molecule has 10 heteroatoms. The third-order valence-electron chi connectivity index (χ3n) is 3.65. The molecule has 0 spiro atoms. The van der Waals surface area contributed by atoms with Gasteiger partial charge in [-0.2, -0.15) is 0 Å². The molecule has 1 saturated heterocycles. The minimum Gasteiger partial charge on any atom is -0.385 e. The van der Waals surface area contributed by atoms with Crippen LogP contribution in [-0.2, 0) is 26.4 Å². The normalized spacial score (nSPS) is 19.8. The molecule has 1 amide bonds. The van der Waals surface area contributed by atoms with Crippen molar-refractivity contribution in [1.29, 1.82) is 0 Å². The lowest BCUT2D eigenvalue weighted by Gasteiger charge is -2.08. The molecular formula is C13H22N4O4S2. The van der Waals surface area contributed by atoms with Crippen LogP contribution in [0.1, 0.15) is 24.6 Å². The van der Waals surface area contributed by atoms with Crippen molar-refractivity contribution in [2.24, 2.45) is 7.05 Å². The third kappa shape index (κ3) is 5.18. The highest BCUT2D eigenvalue weighted by Gasteiger charge is 2.32. The first kappa shape index (κ1) is 18.2. The number of rotatable bonds is 8. The van der Waals surface area contributed by atoms with Gasteiger partial charge in [0.25, 0.3) is 0 Å². The van der Waals surface area contributed by atoms with Crippen molar-refractivity contribution < 1.29 is 17.9 Å². The average Bonchev–Trinajstić information content (AvgIpc) is 3.04. The number of thioether (sulfide) groups is 1. The van der Waals surface area contributed by atoms with E-state index in [9.17, 15) is 13.2 Å². The molecule has 0 radical (unpaired) electrons. The van der Waals surface area contributed by atoms with Crippen LogP contribution in [0.4, 0.5) is 0 Å². The summed E-state index contributed by atoms with van der Waals surface area (Å²) in [5.41, 5.74) is 0. The Labute approximate surface area is 140 Å². The molecule has 8 nitrogen and oxygen atoms in total. The molecule has 1 aromatic heterocycles. The molecule has 0 aromatic carbocycles. The molecule has 1 fully saturated rings. The summed E-state index contributed by atoms with van der Waals surface area (Å²) in [6.07, 6.45) is 1.36. The Morgan fingerprint density at radius 3 is 2.91 bits per heavy atom. The lowest BCUT2D eigenvalue weighted by Crippen LogP contribution is -2.26. The number of sulfone groups is 1. The first-order valence-electron chi connectivity index (χ1n) is 7.41. The van der Waals surface area contributed by atoms with Crippen LogP contribution in [0.2, 0.25) is 0 Å². The van der Waals surface area contributed by atoms with E-state index in [0.717, 1.165) is 6.42 Å². The predicted octanol–water partition coefficient (Wildman–Crippen LogP) is -0.0380. The van der Waals surface area contributed by atoms with Crippen molar-refractivity contribution in [1.82, 2.24) is 20.1 Å². The van der Waals surface area contributed by atoms with Crippen LogP contribution in [0.5, 0.6) is 0 Å². The quantitative estimate of drug-likeness (QED) is 0.511. The van der Waals surface area contributed by atoms with Gasteiger partial charge in [-0.3, -0.25) is 4.79 Å². The largest absolute Gasteiger partial charge is 0.385 e. The molecule has 2 rings (SSSR count). The Morgan fingerprint density at radius 2 is 2.26 bits per heavy atom. The van der Waals surface area contributed by atoms with Gasteiger partial charge in [0.2, 0.25) is 5.91 Å². The number of methoxy groups -OCH3 is 1. The van der Waals surface area contributed by atoms with Crippen molar-refractivity contribution in [3.05, 3.63) is 5.82 Å². The molecular weight excluding hydrogens is 340 g/mol. The fraction of sp³-hybridized carbons (Fsp3) is 0.769. The average molecular weight is 362 g/mol. The van der Waals surface area contributed by atoms with E-state index in [4.69, 9.17) is 4.74 Å². The molecule has 1 aromatic rings. The zero-order valence-corrected chi connectivity index (χ0v) is 15.0. The van der Waals surface area contributed by atoms with E-state index in [0.29, 0.717) is 30.6 Å². The molecule has 1 aliphatic heterocycles. The SMILES string of the molecule is COCCCNC(=O)CSc1nnc([C@@H]2CCS(=O)(=O)C2)n1C. The van der Waals surface area contributed by atoms with Gasteiger partial charge in [-0.15, -0.1) is 10.2 Å². The number of hydrogen-bond donors (Lipinski definition) is 1. The van der Waals surface area contributed by atoms with E-state index in [1.54, 1.807) is 18.7 Å². The van der Waals surface area contributed by atoms with Gasteiger partial charge in [0.15, 0.2) is 15.0 Å². The van der Waals surface area contributed by atoms with Crippen LogP contribution >= 0.6 is 11.8 Å². The van der Waals surface area contributed by atoms with E-state index < -0.39 is 9.84 Å². The summed E-state index contributed by atoms with van der Waals surface area (Å²) >= 11 is 1.30. The Morgan fingerprint density at radius 1 is 1.48 bits per heavy atom. The summed E-state index contributed by atoms with van der Waals surface area (Å²) in [6.45, 7) is 1.20. The van der Waals surface area contributed by atoms with Crippen LogP contribution in [0.3, 0.4) is 0 Å². The lowest BCUT2D eigenvalue weighted by atomic mass is 10.1. The fourth-order valence-corrected chi connectivity index (χ4v) is 4.92. The Bertz CT molecular complexity index is 644. The van der Waals surface area contributed by atoms with Crippen molar-refractivity contribution in [3.63, 3.8) is 0 Å². The topological polar surface area (TPSA) is 103 Å². The van der Waals surface area contributed by atoms with E-state index in [-0.39, 0.29) is 29.1 Å². The number of nitrogens with zero attached hydrogens (tertiary/aromatic N) is 3. The highest BCUT2D eigenvalue weighted by molar-refractivity contribution is 7.99. The van der Waals surface area contributed by atoms with E-state index in [1.807, 2.05) is 0 Å². The summed E-state index contributed by atoms with van der Waals surface area (Å²) in [5.74, 6) is 1.09. The number of ether oxygens (including phenoxy) is 1. The van der Waals surface area contributed by atoms with Crippen LogP contribution in [0, 0.1) is 0 Å². The van der Waals surface area contributed by atoms with Gasteiger partial charge >= 0.3 is 0 Å². The molecule has 0 aliphatic carbocycles. The van der Waals surface area contributed by atoms with E-state index in [1.165, 1.54) is 11.8 Å². The van der Waals surface area contributed by atoms with Gasteiger partial charge in [0.1, 0.15) is 5.82 Å². The highest BCUT2D eigenvalue weighted by atomic mass is 32.2. The molecule has 1 N–H and O–H groups in total. The summed E-state index contributed by atoms with van der Waals surface area (Å²) in [5, 5.41) is 11.6. The highest BCUT2D eigenvalue weighted by Crippen LogP contribution is 2.29. The van der Waals surface area contributed by atoms with Crippen LogP contribution in [0.15, 0.2) is 5.16 Å². The minimum atomic E-state index is -2.95. The zero-order chi connectivity index (χ0) is 16.9. The monoisotopic (exact) mass is 362 g/mol. The van der Waals surface area contributed by atoms with Gasteiger partial charge < -0.3 is 14.6 Å². The molecule has 2 heterocycles. The minimum absolute atomic E-state index is 0.0703. The number of carbonyl (C=O) groups is 1. The van der Waals surface area contributed by atoms with Gasteiger partial charge in [-0.05, 0) is 12.8 Å². The standard InChI is InChI=1S/C13H22N4O4S2/c1-17-12(10-4-7-23(19,20)9-10)15-16-13(17)22-8-11(18)14-5-3-6-21-2/h10H,3-9H2,1-2H3,(H,14,18)/t10-/m1/s1. The van der Waals surface area contributed by atoms with Crippen molar-refractivity contribution in [2.75, 3.05) is 37.5 Å².